The van der Waals surface area contributed by atoms with E-state index in [1.54, 1.807) is 0 Å². The Morgan fingerprint density at radius 2 is 1.71 bits per heavy atom. The van der Waals surface area contributed by atoms with Crippen molar-refractivity contribution in [2.75, 3.05) is 38.2 Å². The van der Waals surface area contributed by atoms with Gasteiger partial charge >= 0.3 is 0 Å². The van der Waals surface area contributed by atoms with Crippen LogP contribution >= 0.6 is 0 Å². The van der Waals surface area contributed by atoms with E-state index in [0.717, 1.165) is 64.6 Å². The first-order chi connectivity index (χ1) is 16.4. The number of alkyl halides is 2. The molecule has 3 heterocycles. The Balaban J connectivity index is 1.24. The van der Waals surface area contributed by atoms with Crippen molar-refractivity contribution in [2.45, 2.75) is 38.2 Å². The molecule has 2 saturated heterocycles. The maximum Gasteiger partial charge on any atom is 0.266 e. The van der Waals surface area contributed by atoms with Gasteiger partial charge in [-0.25, -0.2) is 22.0 Å². The van der Waals surface area contributed by atoms with E-state index < -0.39 is 40.7 Å². The summed E-state index contributed by atoms with van der Waals surface area (Å²) in [6, 6.07) is 2.17. The molecule has 0 radical (unpaired) electrons. The van der Waals surface area contributed by atoms with Crippen LogP contribution in [0.3, 0.4) is 0 Å². The van der Waals surface area contributed by atoms with Crippen LogP contribution in [0.4, 0.5) is 27.8 Å². The monoisotopic (exact) mass is 482 g/mol. The first-order valence-electron chi connectivity index (χ1n) is 11.7. The van der Waals surface area contributed by atoms with Crippen LogP contribution in [0.5, 0.6) is 0 Å². The van der Waals surface area contributed by atoms with E-state index in [-0.39, 0.29) is 11.9 Å². The van der Waals surface area contributed by atoms with Crippen molar-refractivity contribution in [3.63, 3.8) is 0 Å². The summed E-state index contributed by atoms with van der Waals surface area (Å²) < 4.78 is 74.3. The van der Waals surface area contributed by atoms with Crippen LogP contribution in [-0.2, 0) is 4.74 Å². The first-order valence-corrected chi connectivity index (χ1v) is 11.7. The summed E-state index contributed by atoms with van der Waals surface area (Å²) in [5.41, 5.74) is -1.86. The normalized spacial score (nSPS) is 25.8. The molecule has 2 aromatic rings. The fourth-order valence-electron chi connectivity index (χ4n) is 5.75. The zero-order valence-corrected chi connectivity index (χ0v) is 18.6. The number of hydrogen-bond acceptors (Lipinski definition) is 5. The second kappa shape index (κ2) is 9.73. The van der Waals surface area contributed by atoms with Gasteiger partial charge in [-0.05, 0) is 55.6 Å². The molecule has 1 unspecified atom stereocenters. The molecule has 0 amide bonds. The fourth-order valence-corrected chi connectivity index (χ4v) is 5.75. The quantitative estimate of drug-likeness (QED) is 0.462. The topological polar surface area (TPSA) is 50.3 Å². The van der Waals surface area contributed by atoms with Gasteiger partial charge < -0.3 is 15.0 Å². The summed E-state index contributed by atoms with van der Waals surface area (Å²) in [6.45, 7) is 4.88. The Bertz CT molecular complexity index is 1020. The molecule has 1 aromatic carbocycles. The number of hydrogen-bond donors (Lipinski definition) is 1. The van der Waals surface area contributed by atoms with Crippen molar-refractivity contribution in [3.05, 3.63) is 41.2 Å². The third-order valence-corrected chi connectivity index (χ3v) is 7.34. The van der Waals surface area contributed by atoms with Gasteiger partial charge in [0.2, 0.25) is 0 Å². The van der Waals surface area contributed by atoms with Crippen LogP contribution in [-0.4, -0.2) is 54.0 Å². The maximum absolute atomic E-state index is 14.2. The number of nitrogens with zero attached hydrogens (tertiary/aromatic N) is 3. The molecular formula is C24H27F5N4O. The number of ether oxygens (including phenoxy) is 1. The molecule has 1 N–H and O–H groups in total. The number of likely N-dealkylation sites (tertiary alicyclic amines) is 1. The van der Waals surface area contributed by atoms with Crippen LogP contribution in [0.15, 0.2) is 18.2 Å². The van der Waals surface area contributed by atoms with E-state index in [9.17, 15) is 22.0 Å². The summed E-state index contributed by atoms with van der Waals surface area (Å²) in [5, 5.41) is 10.8. The zero-order valence-electron chi connectivity index (χ0n) is 18.6. The van der Waals surface area contributed by atoms with Gasteiger partial charge in [-0.15, -0.1) is 10.2 Å². The highest BCUT2D eigenvalue weighted by Gasteiger charge is 2.41. The largest absolute Gasteiger partial charge is 0.381 e. The molecule has 0 bridgehead atoms. The molecule has 10 heteroatoms. The molecule has 1 aliphatic carbocycles. The fraction of sp³-hybridized carbons (Fsp3) is 0.583. The lowest BCUT2D eigenvalue weighted by molar-refractivity contribution is 0.0545. The molecule has 34 heavy (non-hydrogen) atoms. The van der Waals surface area contributed by atoms with Gasteiger partial charge in [-0.3, -0.25) is 0 Å². The molecule has 5 nitrogen and oxygen atoms in total. The lowest BCUT2D eigenvalue weighted by atomic mass is 10.00. The third-order valence-electron chi connectivity index (χ3n) is 7.34. The van der Waals surface area contributed by atoms with Gasteiger partial charge in [-0.2, -0.15) is 0 Å². The molecule has 1 saturated carbocycles. The minimum Gasteiger partial charge on any atom is -0.381 e. The summed E-state index contributed by atoms with van der Waals surface area (Å²) in [7, 11) is 0. The summed E-state index contributed by atoms with van der Waals surface area (Å²) in [6.07, 6.45) is 1.03. The van der Waals surface area contributed by atoms with E-state index in [4.69, 9.17) is 4.74 Å². The standard InChI is InChI=1S/C24H27F5N4O/c25-16-7-18(22(27)20(26)8-16)23-19(24(28)29)9-21(31-32-23)30-17-5-14-11-33(12-15(14)6-17)10-13-1-3-34-4-2-13/h7-9,13-15,17,24H,1-6,10-12H2,(H,30,31)/t14-,15+,17?. The van der Waals surface area contributed by atoms with E-state index in [2.05, 4.69) is 20.4 Å². The molecule has 1 aromatic heterocycles. The predicted molar refractivity (Wildman–Crippen MR) is 116 cm³/mol. The number of halogens is 5. The van der Waals surface area contributed by atoms with Crippen molar-refractivity contribution < 1.29 is 26.7 Å². The molecule has 5 rings (SSSR count). The average Bonchev–Trinajstić information content (AvgIpc) is 3.34. The van der Waals surface area contributed by atoms with Crippen LogP contribution < -0.4 is 5.32 Å². The van der Waals surface area contributed by atoms with Gasteiger partial charge in [-0.1, -0.05) is 0 Å². The SMILES string of the molecule is Fc1cc(F)c(F)c(-c2nnc(NC3C[C@@H]4CN(CC5CCOCC5)C[C@@H]4C3)cc2C(F)F)c1. The molecule has 3 fully saturated rings. The Kier molecular flexibility index (Phi) is 6.70. The molecule has 3 aliphatic rings. The number of rotatable bonds is 6. The first kappa shape index (κ1) is 23.4. The minimum absolute atomic E-state index is 0.0780. The molecule has 184 valence electrons. The van der Waals surface area contributed by atoms with Gasteiger partial charge in [0.25, 0.3) is 6.43 Å². The smallest absolute Gasteiger partial charge is 0.266 e. The molecule has 3 atom stereocenters. The van der Waals surface area contributed by atoms with Gasteiger partial charge in [0.15, 0.2) is 11.6 Å². The van der Waals surface area contributed by atoms with Crippen LogP contribution in [0, 0.1) is 35.2 Å². The zero-order chi connectivity index (χ0) is 23.8. The molecular weight excluding hydrogens is 455 g/mol. The van der Waals surface area contributed by atoms with Crippen molar-refractivity contribution in [1.29, 1.82) is 0 Å². The Labute approximate surface area is 194 Å². The summed E-state index contributed by atoms with van der Waals surface area (Å²) >= 11 is 0. The highest BCUT2D eigenvalue weighted by atomic mass is 19.3. The van der Waals surface area contributed by atoms with Crippen molar-refractivity contribution in [2.24, 2.45) is 17.8 Å². The second-order valence-electron chi connectivity index (χ2n) is 9.69. The van der Waals surface area contributed by atoms with E-state index in [1.165, 1.54) is 0 Å². The lowest BCUT2D eigenvalue weighted by Crippen LogP contribution is -2.32. The van der Waals surface area contributed by atoms with Crippen molar-refractivity contribution in [1.82, 2.24) is 15.1 Å². The van der Waals surface area contributed by atoms with Crippen LogP contribution in [0.2, 0.25) is 0 Å². The molecule has 0 spiro atoms. The van der Waals surface area contributed by atoms with Crippen LogP contribution in [0.1, 0.15) is 37.7 Å². The second-order valence-corrected chi connectivity index (χ2v) is 9.69. The highest BCUT2D eigenvalue weighted by Crippen LogP contribution is 2.40. The number of fused-ring (bicyclic) bond motifs is 1. The number of benzene rings is 1. The van der Waals surface area contributed by atoms with E-state index >= 15 is 0 Å². The predicted octanol–water partition coefficient (Wildman–Crippen LogP) is 5.05. The van der Waals surface area contributed by atoms with Gasteiger partial charge in [0.05, 0.1) is 0 Å². The van der Waals surface area contributed by atoms with Crippen molar-refractivity contribution in [3.8, 4) is 11.3 Å². The lowest BCUT2D eigenvalue weighted by Gasteiger charge is -2.27. The van der Waals surface area contributed by atoms with Gasteiger partial charge in [0, 0.05) is 56.1 Å². The van der Waals surface area contributed by atoms with Crippen LogP contribution in [0.25, 0.3) is 11.3 Å². The van der Waals surface area contributed by atoms with E-state index in [1.807, 2.05) is 0 Å². The van der Waals surface area contributed by atoms with Gasteiger partial charge in [0.1, 0.15) is 17.3 Å². The Hall–Kier alpha value is -2.33. The summed E-state index contributed by atoms with van der Waals surface area (Å²) in [4.78, 5) is 2.54. The third kappa shape index (κ3) is 4.88. The molecule has 2 aliphatic heterocycles. The Morgan fingerprint density at radius 3 is 2.38 bits per heavy atom. The van der Waals surface area contributed by atoms with E-state index in [0.29, 0.717) is 29.9 Å². The maximum atomic E-state index is 14.2. The van der Waals surface area contributed by atoms with Crippen molar-refractivity contribution >= 4 is 5.82 Å². The minimum atomic E-state index is -3.02. The Morgan fingerprint density at radius 1 is 1.00 bits per heavy atom. The summed E-state index contributed by atoms with van der Waals surface area (Å²) in [5.74, 6) is -2.05. The number of nitrogens with one attached hydrogen (secondary N) is 1. The highest BCUT2D eigenvalue weighted by molar-refractivity contribution is 5.65. The number of aromatic nitrogens is 2. The average molecular weight is 482 g/mol. The number of anilines is 1.